The van der Waals surface area contributed by atoms with Gasteiger partial charge in [-0.2, -0.15) is 0 Å². The minimum atomic E-state index is 0.689. The summed E-state index contributed by atoms with van der Waals surface area (Å²) in [5.41, 5.74) is 0. The van der Waals surface area contributed by atoms with Crippen LogP contribution in [0.1, 0.15) is 26.2 Å². The maximum Gasteiger partial charge on any atom is 0.0330 e. The van der Waals surface area contributed by atoms with E-state index in [1.807, 2.05) is 0 Å². The van der Waals surface area contributed by atoms with E-state index in [2.05, 4.69) is 16.7 Å². The lowest BCUT2D eigenvalue weighted by molar-refractivity contribution is 0.131. The summed E-state index contributed by atoms with van der Waals surface area (Å²) in [7, 11) is 0. The second-order valence-corrected chi connectivity index (χ2v) is 5.65. The summed E-state index contributed by atoms with van der Waals surface area (Å²) in [6.07, 6.45) is 4.00. The maximum atomic E-state index is 5.65. The van der Waals surface area contributed by atoms with E-state index < -0.39 is 0 Å². The lowest BCUT2D eigenvalue weighted by atomic mass is 10.0. The van der Waals surface area contributed by atoms with Crippen LogP contribution in [-0.4, -0.2) is 53.8 Å². The van der Waals surface area contributed by atoms with E-state index >= 15 is 0 Å². The van der Waals surface area contributed by atoms with Crippen LogP contribution in [0.4, 0.5) is 0 Å². The van der Waals surface area contributed by atoms with Gasteiger partial charge in [0.05, 0.1) is 0 Å². The lowest BCUT2D eigenvalue weighted by Gasteiger charge is -2.36. The Kier molecular flexibility index (Phi) is 4.31. The second-order valence-electron chi connectivity index (χ2n) is 4.71. The third kappa shape index (κ3) is 2.87. The maximum absolute atomic E-state index is 5.65. The lowest BCUT2D eigenvalue weighted by Crippen LogP contribution is -2.44. The predicted octanol–water partition coefficient (Wildman–Crippen LogP) is 1.15. The third-order valence-corrected chi connectivity index (χ3v) is 4.66. The molecule has 0 bridgehead atoms. The van der Waals surface area contributed by atoms with Gasteiger partial charge in [-0.05, 0) is 45.4 Å². The molecule has 2 heterocycles. The Balaban J connectivity index is 1.76. The molecule has 0 saturated carbocycles. The molecule has 2 N–H and O–H groups in total. The van der Waals surface area contributed by atoms with E-state index in [4.69, 9.17) is 5.14 Å². The Hall–Kier alpha value is 0.230. The number of rotatable bonds is 3. The SMILES string of the molecule is CCN1CCC(N2CCC(SN)C2)CC1. The Labute approximate surface area is 97.5 Å². The van der Waals surface area contributed by atoms with Gasteiger partial charge in [0.2, 0.25) is 0 Å². The van der Waals surface area contributed by atoms with Crippen molar-refractivity contribution in [2.24, 2.45) is 5.14 Å². The van der Waals surface area contributed by atoms with Crippen LogP contribution in [-0.2, 0) is 0 Å². The summed E-state index contributed by atoms with van der Waals surface area (Å²) in [5, 5.41) is 6.34. The predicted molar refractivity (Wildman–Crippen MR) is 66.9 cm³/mol. The van der Waals surface area contributed by atoms with Gasteiger partial charge in [-0.3, -0.25) is 10.0 Å². The van der Waals surface area contributed by atoms with Crippen molar-refractivity contribution in [3.8, 4) is 0 Å². The van der Waals surface area contributed by atoms with E-state index in [1.54, 1.807) is 11.9 Å². The highest BCUT2D eigenvalue weighted by molar-refractivity contribution is 7.97. The molecule has 1 unspecified atom stereocenters. The van der Waals surface area contributed by atoms with Gasteiger partial charge in [0.25, 0.3) is 0 Å². The van der Waals surface area contributed by atoms with Gasteiger partial charge >= 0.3 is 0 Å². The monoisotopic (exact) mass is 229 g/mol. The van der Waals surface area contributed by atoms with Crippen LogP contribution in [0.25, 0.3) is 0 Å². The number of nitrogens with zero attached hydrogens (tertiary/aromatic N) is 2. The summed E-state index contributed by atoms with van der Waals surface area (Å²) in [5.74, 6) is 0. The molecule has 88 valence electrons. The highest BCUT2D eigenvalue weighted by atomic mass is 32.2. The summed E-state index contributed by atoms with van der Waals surface area (Å²) >= 11 is 1.55. The largest absolute Gasteiger partial charge is 0.303 e. The molecule has 0 radical (unpaired) electrons. The topological polar surface area (TPSA) is 32.5 Å². The quantitative estimate of drug-likeness (QED) is 0.736. The van der Waals surface area contributed by atoms with Crippen molar-refractivity contribution in [1.82, 2.24) is 9.80 Å². The first-order valence-electron chi connectivity index (χ1n) is 6.15. The van der Waals surface area contributed by atoms with Crippen molar-refractivity contribution < 1.29 is 0 Å². The van der Waals surface area contributed by atoms with E-state index in [1.165, 1.54) is 52.0 Å². The van der Waals surface area contributed by atoms with Crippen LogP contribution < -0.4 is 5.14 Å². The van der Waals surface area contributed by atoms with E-state index in [0.717, 1.165) is 6.04 Å². The van der Waals surface area contributed by atoms with Crippen molar-refractivity contribution in [3.05, 3.63) is 0 Å². The highest BCUT2D eigenvalue weighted by Gasteiger charge is 2.29. The van der Waals surface area contributed by atoms with Crippen molar-refractivity contribution in [2.75, 3.05) is 32.7 Å². The van der Waals surface area contributed by atoms with Crippen LogP contribution in [0.5, 0.6) is 0 Å². The fraction of sp³-hybridized carbons (Fsp3) is 1.00. The molecule has 1 atom stereocenters. The van der Waals surface area contributed by atoms with Gasteiger partial charge in [0.1, 0.15) is 0 Å². The zero-order valence-electron chi connectivity index (χ0n) is 9.69. The van der Waals surface area contributed by atoms with Gasteiger partial charge in [-0.15, -0.1) is 0 Å². The number of hydrogen-bond donors (Lipinski definition) is 1. The first kappa shape index (κ1) is 11.7. The third-order valence-electron chi connectivity index (χ3n) is 3.89. The molecule has 2 saturated heterocycles. The first-order valence-corrected chi connectivity index (χ1v) is 7.09. The van der Waals surface area contributed by atoms with Crippen LogP contribution in [0.2, 0.25) is 0 Å². The molecule has 0 aliphatic carbocycles. The van der Waals surface area contributed by atoms with Crippen LogP contribution in [0.3, 0.4) is 0 Å². The minimum absolute atomic E-state index is 0.689. The molecular formula is C11H23N3S. The average Bonchev–Trinajstić information content (AvgIpc) is 2.78. The van der Waals surface area contributed by atoms with Gasteiger partial charge in [-0.25, -0.2) is 0 Å². The van der Waals surface area contributed by atoms with Gasteiger partial charge in [-0.1, -0.05) is 18.9 Å². The zero-order valence-corrected chi connectivity index (χ0v) is 10.5. The average molecular weight is 229 g/mol. The Morgan fingerprint density at radius 2 is 1.93 bits per heavy atom. The standard InChI is InChI=1S/C11H23N3S/c1-2-13-6-3-10(4-7-13)14-8-5-11(9-14)15-12/h10-11H,2-9,12H2,1H3. The molecular weight excluding hydrogens is 206 g/mol. The number of hydrogen-bond acceptors (Lipinski definition) is 4. The molecule has 2 aliphatic rings. The van der Waals surface area contributed by atoms with Crippen molar-refractivity contribution in [3.63, 3.8) is 0 Å². The van der Waals surface area contributed by atoms with Crippen molar-refractivity contribution in [1.29, 1.82) is 0 Å². The molecule has 2 rings (SSSR count). The molecule has 0 aromatic rings. The summed E-state index contributed by atoms with van der Waals surface area (Å²) < 4.78 is 0. The van der Waals surface area contributed by atoms with Gasteiger partial charge in [0, 0.05) is 17.8 Å². The van der Waals surface area contributed by atoms with Crippen LogP contribution in [0.15, 0.2) is 0 Å². The van der Waals surface area contributed by atoms with Gasteiger partial charge in [0.15, 0.2) is 0 Å². The molecule has 0 aromatic carbocycles. The molecule has 4 heteroatoms. The summed E-state index contributed by atoms with van der Waals surface area (Å²) in [6.45, 7) is 8.55. The molecule has 3 nitrogen and oxygen atoms in total. The van der Waals surface area contributed by atoms with Crippen molar-refractivity contribution >= 4 is 11.9 Å². The molecule has 2 fully saturated rings. The Morgan fingerprint density at radius 1 is 1.20 bits per heavy atom. The fourth-order valence-corrected chi connectivity index (χ4v) is 3.32. The Morgan fingerprint density at radius 3 is 2.47 bits per heavy atom. The summed E-state index contributed by atoms with van der Waals surface area (Å²) in [4.78, 5) is 5.22. The molecule has 0 amide bonds. The van der Waals surface area contributed by atoms with E-state index in [0.29, 0.717) is 5.25 Å². The molecule has 15 heavy (non-hydrogen) atoms. The molecule has 0 aromatic heterocycles. The smallest absolute Gasteiger partial charge is 0.0330 e. The zero-order chi connectivity index (χ0) is 10.7. The van der Waals surface area contributed by atoms with E-state index in [-0.39, 0.29) is 0 Å². The van der Waals surface area contributed by atoms with E-state index in [9.17, 15) is 0 Å². The van der Waals surface area contributed by atoms with Crippen LogP contribution in [0, 0.1) is 0 Å². The normalized spacial score (nSPS) is 31.2. The van der Waals surface area contributed by atoms with Crippen LogP contribution >= 0.6 is 11.9 Å². The number of piperidine rings is 1. The number of nitrogens with two attached hydrogens (primary N) is 1. The minimum Gasteiger partial charge on any atom is -0.303 e. The van der Waals surface area contributed by atoms with Gasteiger partial charge < -0.3 is 4.90 Å². The Bertz CT molecular complexity index is 192. The molecule has 0 spiro atoms. The number of likely N-dealkylation sites (tertiary alicyclic amines) is 2. The highest BCUT2D eigenvalue weighted by Crippen LogP contribution is 2.24. The second kappa shape index (κ2) is 5.53. The first-order chi connectivity index (χ1) is 7.33. The fourth-order valence-electron chi connectivity index (χ4n) is 2.80. The molecule has 2 aliphatic heterocycles. The van der Waals surface area contributed by atoms with Crippen molar-refractivity contribution in [2.45, 2.75) is 37.5 Å². The summed E-state index contributed by atoms with van der Waals surface area (Å²) in [6, 6.07) is 0.838.